The Hall–Kier alpha value is -8.22. The molecule has 4 aromatic heterocycles. The molecule has 2 aliphatic carbocycles. The molecule has 408 valence electrons. The summed E-state index contributed by atoms with van der Waals surface area (Å²) in [6, 6.07) is -0.197. The number of aromatic carboxylic acids is 2. The molecule has 0 aromatic carbocycles. The molecule has 4 aliphatic heterocycles. The van der Waals surface area contributed by atoms with Gasteiger partial charge in [-0.1, -0.05) is 10.3 Å². The van der Waals surface area contributed by atoms with Crippen molar-refractivity contribution in [1.29, 1.82) is 0 Å². The Morgan fingerprint density at radius 3 is 1.24 bits per heavy atom. The fourth-order valence-corrected chi connectivity index (χ4v) is 9.01. The smallest absolute Gasteiger partial charge is 0.341 e. The molecule has 0 radical (unpaired) electrons. The van der Waals surface area contributed by atoms with E-state index in [0.717, 1.165) is 75.4 Å². The maximum absolute atomic E-state index is 15.0. The van der Waals surface area contributed by atoms with Gasteiger partial charge in [-0.05, 0) is 37.8 Å². The van der Waals surface area contributed by atoms with Crippen molar-refractivity contribution in [2.24, 2.45) is 32.6 Å². The Labute approximate surface area is 427 Å². The van der Waals surface area contributed by atoms with E-state index in [4.69, 9.17) is 41.6 Å². The first-order valence-electron chi connectivity index (χ1n) is 23.4. The van der Waals surface area contributed by atoms with Crippen LogP contribution in [0.4, 0.5) is 20.4 Å². The SMILES string of the molecule is CO/N=C1/CN(c2nc3c(cc2F)c(=O)c(C(=O)O)cn3C2CC2)CC12CNC2.CO/N=C1/CN(c2nc3c(cc2F)c(=O)c(C(=O)O)cn3C2CC2)CC12CNC2.NC(CC(=O)O)C(=O)O.NC(CC(=O)O)C(=O)O. The normalized spacial score (nSPS) is 19.6. The average Bonchev–Trinajstić information content (AvgIpc) is 4.27. The number of nitrogens with two attached hydrogens (primary N) is 2. The van der Waals surface area contributed by atoms with Gasteiger partial charge in [0.1, 0.15) is 48.7 Å². The summed E-state index contributed by atoms with van der Waals surface area (Å²) in [5, 5.41) is 65.5. The van der Waals surface area contributed by atoms with Crippen LogP contribution in [0.5, 0.6) is 0 Å². The van der Waals surface area contributed by atoms with Crippen molar-refractivity contribution in [2.75, 3.05) is 76.4 Å². The molecule has 10 rings (SSSR count). The summed E-state index contributed by atoms with van der Waals surface area (Å²) in [7, 11) is 2.97. The number of fused-ring (bicyclic) bond motifs is 2. The summed E-state index contributed by atoms with van der Waals surface area (Å²) < 4.78 is 33.5. The van der Waals surface area contributed by atoms with E-state index in [1.54, 1.807) is 18.9 Å². The van der Waals surface area contributed by atoms with Gasteiger partial charge in [-0.25, -0.2) is 28.3 Å². The van der Waals surface area contributed by atoms with Crippen molar-refractivity contribution in [3.63, 3.8) is 0 Å². The molecule has 4 aromatic rings. The van der Waals surface area contributed by atoms with Crippen molar-refractivity contribution < 1.29 is 77.9 Å². The number of anilines is 2. The predicted molar refractivity (Wildman–Crippen MR) is 262 cm³/mol. The minimum Gasteiger partial charge on any atom is -0.481 e. The summed E-state index contributed by atoms with van der Waals surface area (Å²) in [5.41, 5.74) is 9.39. The van der Waals surface area contributed by atoms with Crippen LogP contribution in [0.1, 0.15) is 71.3 Å². The number of nitrogens with one attached hydrogen (secondary N) is 2. The molecule has 2 atom stereocenters. The summed E-state index contributed by atoms with van der Waals surface area (Å²) in [5.74, 6) is -8.67. The van der Waals surface area contributed by atoms with E-state index in [1.165, 1.54) is 26.6 Å². The molecule has 6 fully saturated rings. The van der Waals surface area contributed by atoms with Gasteiger partial charge < -0.3 is 81.3 Å². The molecule has 30 heteroatoms. The third-order valence-corrected chi connectivity index (χ3v) is 13.4. The number of oxime groups is 2. The third-order valence-electron chi connectivity index (χ3n) is 13.4. The highest BCUT2D eigenvalue weighted by Crippen LogP contribution is 2.41. The minimum absolute atomic E-state index is 0.0111. The topological polar surface area (TPSA) is 419 Å². The van der Waals surface area contributed by atoms with Crippen LogP contribution < -0.4 is 42.8 Å². The lowest BCUT2D eigenvalue weighted by Crippen LogP contribution is -2.58. The van der Waals surface area contributed by atoms with Crippen LogP contribution in [-0.2, 0) is 28.9 Å². The molecule has 28 nitrogen and oxygen atoms in total. The lowest BCUT2D eigenvalue weighted by Gasteiger charge is -2.38. The molecule has 4 saturated heterocycles. The van der Waals surface area contributed by atoms with Gasteiger partial charge in [0.2, 0.25) is 10.9 Å². The minimum atomic E-state index is -1.32. The zero-order valence-corrected chi connectivity index (χ0v) is 40.8. The van der Waals surface area contributed by atoms with E-state index in [2.05, 4.69) is 30.9 Å². The van der Waals surface area contributed by atoms with Gasteiger partial charge in [0, 0.05) is 63.7 Å². The van der Waals surface area contributed by atoms with Crippen LogP contribution in [-0.4, -0.2) is 176 Å². The lowest BCUT2D eigenvalue weighted by molar-refractivity contribution is -0.144. The van der Waals surface area contributed by atoms with Crippen molar-refractivity contribution in [3.05, 3.63) is 67.7 Å². The molecule has 12 N–H and O–H groups in total. The van der Waals surface area contributed by atoms with Crippen LogP contribution >= 0.6 is 0 Å². The first-order valence-corrected chi connectivity index (χ1v) is 23.4. The number of carbonyl (C=O) groups is 6. The fraction of sp³-hybridized carbons (Fsp3) is 0.478. The summed E-state index contributed by atoms with van der Waals surface area (Å²) >= 11 is 0. The highest BCUT2D eigenvalue weighted by atomic mass is 19.1. The van der Waals surface area contributed by atoms with Gasteiger partial charge in [-0.3, -0.25) is 28.8 Å². The maximum atomic E-state index is 15.0. The number of nitrogens with zero attached hydrogens (tertiary/aromatic N) is 8. The number of hydrogen-bond acceptors (Lipinski definition) is 20. The zero-order valence-electron chi connectivity index (χ0n) is 40.8. The highest BCUT2D eigenvalue weighted by Gasteiger charge is 2.51. The number of halogens is 2. The van der Waals surface area contributed by atoms with Gasteiger partial charge in [-0.15, -0.1) is 0 Å². The number of carboxylic acid groups (broad SMARTS) is 6. The van der Waals surface area contributed by atoms with E-state index in [9.17, 15) is 48.6 Å². The highest BCUT2D eigenvalue weighted by molar-refractivity contribution is 6.00. The van der Waals surface area contributed by atoms with Crippen LogP contribution in [0, 0.1) is 22.5 Å². The van der Waals surface area contributed by atoms with E-state index in [-0.39, 0.29) is 56.4 Å². The second-order valence-electron chi connectivity index (χ2n) is 19.0. The van der Waals surface area contributed by atoms with Crippen LogP contribution in [0.15, 0.2) is 44.4 Å². The summed E-state index contributed by atoms with van der Waals surface area (Å²) in [6.07, 6.45) is 5.08. The Balaban J connectivity index is 0.000000168. The summed E-state index contributed by atoms with van der Waals surface area (Å²) in [4.78, 5) is 110. The number of carboxylic acids is 6. The van der Waals surface area contributed by atoms with Crippen LogP contribution in [0.25, 0.3) is 22.1 Å². The van der Waals surface area contributed by atoms with Gasteiger partial charge in [0.25, 0.3) is 0 Å². The second kappa shape index (κ2) is 22.3. The van der Waals surface area contributed by atoms with E-state index in [1.807, 2.05) is 0 Å². The molecule has 6 aliphatic rings. The zero-order chi connectivity index (χ0) is 55.6. The molecule has 0 amide bonds. The van der Waals surface area contributed by atoms with Crippen molar-refractivity contribution in [3.8, 4) is 0 Å². The molecule has 8 heterocycles. The number of aliphatic carboxylic acids is 4. The second-order valence-corrected chi connectivity index (χ2v) is 19.0. The summed E-state index contributed by atoms with van der Waals surface area (Å²) in [6.45, 7) is 4.77. The molecule has 2 saturated carbocycles. The van der Waals surface area contributed by atoms with Crippen LogP contribution in [0.3, 0.4) is 0 Å². The monoisotopic (exact) mass is 1070 g/mol. The molecule has 0 bridgehead atoms. The average molecular weight is 1070 g/mol. The number of aromatic nitrogens is 4. The number of pyridine rings is 4. The number of hydrogen-bond donors (Lipinski definition) is 10. The van der Waals surface area contributed by atoms with Gasteiger partial charge >= 0.3 is 35.8 Å². The molecular weight excluding hydrogens is 1010 g/mol. The quantitative estimate of drug-likeness (QED) is 0.0725. The maximum Gasteiger partial charge on any atom is 0.341 e. The standard InChI is InChI=1S/2C19H20FN5O4.2C4H7NO4/c2*1-29-23-14-6-24(9-19(14)7-21-8-19)17-13(20)4-11-15(26)12(18(27)28)5-25(10-2-3-10)16(11)22-17;2*5-2(4(8)9)1-3(6)7/h2*4-5,10,21H,2-3,6-9H2,1H3,(H,27,28);2*2H,1,5H2,(H,6,7)(H,8,9)/b2*23-14-;;. The van der Waals surface area contributed by atoms with Crippen molar-refractivity contribution in [1.82, 2.24) is 29.7 Å². The van der Waals surface area contributed by atoms with Gasteiger partial charge in [0.15, 0.2) is 23.3 Å². The molecule has 2 spiro atoms. The molecular formula is C46H54F2N12O16. The van der Waals surface area contributed by atoms with Crippen molar-refractivity contribution >= 4 is 80.9 Å². The third kappa shape index (κ3) is 11.7. The first kappa shape index (κ1) is 55.5. The Morgan fingerprint density at radius 2 is 1.00 bits per heavy atom. The Bertz CT molecular complexity index is 2980. The van der Waals surface area contributed by atoms with Gasteiger partial charge in [0.05, 0.1) is 59.0 Å². The first-order chi connectivity index (χ1) is 35.9. The van der Waals surface area contributed by atoms with Crippen molar-refractivity contribution in [2.45, 2.75) is 62.7 Å². The van der Waals surface area contributed by atoms with E-state index >= 15 is 8.78 Å². The van der Waals surface area contributed by atoms with E-state index in [0.29, 0.717) is 37.5 Å². The van der Waals surface area contributed by atoms with E-state index < -0.39 is 83.2 Å². The largest absolute Gasteiger partial charge is 0.481 e. The molecule has 76 heavy (non-hydrogen) atoms. The lowest BCUT2D eigenvalue weighted by atomic mass is 9.79. The van der Waals surface area contributed by atoms with Gasteiger partial charge in [-0.2, -0.15) is 0 Å². The number of rotatable bonds is 14. The fourth-order valence-electron chi connectivity index (χ4n) is 9.01. The van der Waals surface area contributed by atoms with Crippen LogP contribution in [0.2, 0.25) is 0 Å². The molecule has 2 unspecified atom stereocenters. The predicted octanol–water partition coefficient (Wildman–Crippen LogP) is -0.293. The Kier molecular flexibility index (Phi) is 16.3. The Morgan fingerprint density at radius 1 is 0.658 bits per heavy atom.